The standard InChI is InChI=1S/C16H22ClN3O4/c1-15(2)7-10(8-18-14(22)16(23)4-3-5-16)20(9-15)13(21)11-6-12(17)19-24-11/h6,10,23H,3-5,7-9H2,1-2H3,(H,18,22). The molecule has 1 aromatic heterocycles. The van der Waals surface area contributed by atoms with E-state index in [0.29, 0.717) is 25.9 Å². The predicted octanol–water partition coefficient (Wildman–Crippen LogP) is 1.60. The van der Waals surface area contributed by atoms with Gasteiger partial charge in [-0.1, -0.05) is 30.6 Å². The van der Waals surface area contributed by atoms with Crippen molar-refractivity contribution in [3.63, 3.8) is 0 Å². The predicted molar refractivity (Wildman–Crippen MR) is 86.5 cm³/mol. The Morgan fingerprint density at radius 3 is 2.75 bits per heavy atom. The maximum Gasteiger partial charge on any atom is 0.292 e. The topological polar surface area (TPSA) is 95.7 Å². The van der Waals surface area contributed by atoms with Crippen molar-refractivity contribution in [2.75, 3.05) is 13.1 Å². The molecule has 8 heteroatoms. The summed E-state index contributed by atoms with van der Waals surface area (Å²) in [5.41, 5.74) is -1.30. The van der Waals surface area contributed by atoms with Gasteiger partial charge in [-0.2, -0.15) is 0 Å². The van der Waals surface area contributed by atoms with Crippen LogP contribution in [0.4, 0.5) is 0 Å². The van der Waals surface area contributed by atoms with E-state index in [4.69, 9.17) is 16.1 Å². The fraction of sp³-hybridized carbons (Fsp3) is 0.688. The molecule has 7 nitrogen and oxygen atoms in total. The Hall–Kier alpha value is -1.60. The molecule has 2 heterocycles. The van der Waals surface area contributed by atoms with Gasteiger partial charge in [-0.05, 0) is 31.1 Å². The zero-order valence-electron chi connectivity index (χ0n) is 13.8. The molecule has 1 atom stereocenters. The van der Waals surface area contributed by atoms with E-state index in [0.717, 1.165) is 12.8 Å². The number of carbonyl (C=O) groups excluding carboxylic acids is 2. The van der Waals surface area contributed by atoms with Gasteiger partial charge >= 0.3 is 0 Å². The van der Waals surface area contributed by atoms with E-state index in [-0.39, 0.29) is 34.2 Å². The number of carbonyl (C=O) groups is 2. The van der Waals surface area contributed by atoms with E-state index in [1.165, 1.54) is 6.07 Å². The van der Waals surface area contributed by atoms with Gasteiger partial charge in [0, 0.05) is 19.2 Å². The minimum atomic E-state index is -1.23. The van der Waals surface area contributed by atoms with Crippen LogP contribution < -0.4 is 5.32 Å². The van der Waals surface area contributed by atoms with Gasteiger partial charge < -0.3 is 19.8 Å². The lowest BCUT2D eigenvalue weighted by Gasteiger charge is -2.35. The molecule has 2 aliphatic rings. The molecule has 1 aliphatic heterocycles. The van der Waals surface area contributed by atoms with Crippen LogP contribution in [0.5, 0.6) is 0 Å². The van der Waals surface area contributed by atoms with E-state index in [1.807, 2.05) is 0 Å². The van der Waals surface area contributed by atoms with Crippen molar-refractivity contribution in [3.8, 4) is 0 Å². The first-order valence-corrected chi connectivity index (χ1v) is 8.52. The zero-order valence-corrected chi connectivity index (χ0v) is 14.6. The van der Waals surface area contributed by atoms with Crippen molar-refractivity contribution in [1.82, 2.24) is 15.4 Å². The fourth-order valence-corrected chi connectivity index (χ4v) is 3.57. The molecule has 0 spiro atoms. The van der Waals surface area contributed by atoms with Crippen LogP contribution in [0.3, 0.4) is 0 Å². The first kappa shape index (κ1) is 17.2. The molecule has 2 amide bonds. The van der Waals surface area contributed by atoms with Crippen molar-refractivity contribution in [3.05, 3.63) is 17.0 Å². The van der Waals surface area contributed by atoms with Crippen molar-refractivity contribution in [2.24, 2.45) is 5.41 Å². The van der Waals surface area contributed by atoms with Crippen LogP contribution in [0.25, 0.3) is 0 Å². The number of nitrogens with zero attached hydrogens (tertiary/aromatic N) is 2. The molecule has 0 bridgehead atoms. The molecule has 0 aromatic carbocycles. The molecular weight excluding hydrogens is 334 g/mol. The normalized spacial score (nSPS) is 24.5. The van der Waals surface area contributed by atoms with Crippen LogP contribution >= 0.6 is 11.6 Å². The summed E-state index contributed by atoms with van der Waals surface area (Å²) in [6, 6.07) is 1.23. The summed E-state index contributed by atoms with van der Waals surface area (Å²) in [6.45, 7) is 5.00. The molecule has 1 saturated carbocycles. The summed E-state index contributed by atoms with van der Waals surface area (Å²) in [5, 5.41) is 16.5. The van der Waals surface area contributed by atoms with Gasteiger partial charge in [-0.15, -0.1) is 0 Å². The molecular formula is C16H22ClN3O4. The summed E-state index contributed by atoms with van der Waals surface area (Å²) in [6.07, 6.45) is 2.60. The van der Waals surface area contributed by atoms with Crippen molar-refractivity contribution < 1.29 is 19.2 Å². The summed E-state index contributed by atoms with van der Waals surface area (Å²) in [7, 11) is 0. The summed E-state index contributed by atoms with van der Waals surface area (Å²) < 4.78 is 4.96. The number of amides is 2. The lowest BCUT2D eigenvalue weighted by Crippen LogP contribution is -2.54. The average Bonchev–Trinajstić information content (AvgIpc) is 3.04. The third-order valence-electron chi connectivity index (χ3n) is 4.88. The van der Waals surface area contributed by atoms with Crippen molar-refractivity contribution >= 4 is 23.4 Å². The highest BCUT2D eigenvalue weighted by Gasteiger charge is 2.44. The van der Waals surface area contributed by atoms with E-state index < -0.39 is 5.60 Å². The highest BCUT2D eigenvalue weighted by atomic mass is 35.5. The van der Waals surface area contributed by atoms with Crippen molar-refractivity contribution in [1.29, 1.82) is 0 Å². The number of hydrogen-bond donors (Lipinski definition) is 2. The highest BCUT2D eigenvalue weighted by Crippen LogP contribution is 2.35. The quantitative estimate of drug-likeness (QED) is 0.855. The molecule has 1 aromatic rings. The lowest BCUT2D eigenvalue weighted by molar-refractivity contribution is -0.148. The van der Waals surface area contributed by atoms with Gasteiger partial charge in [-0.3, -0.25) is 9.59 Å². The molecule has 2 fully saturated rings. The highest BCUT2D eigenvalue weighted by molar-refractivity contribution is 6.29. The van der Waals surface area contributed by atoms with E-state index in [2.05, 4.69) is 24.3 Å². The maximum absolute atomic E-state index is 12.6. The van der Waals surface area contributed by atoms with Crippen LogP contribution in [0.1, 0.15) is 50.1 Å². The Morgan fingerprint density at radius 2 is 2.21 bits per heavy atom. The first-order valence-electron chi connectivity index (χ1n) is 8.14. The third-order valence-corrected chi connectivity index (χ3v) is 5.06. The number of aliphatic hydroxyl groups is 1. The molecule has 24 heavy (non-hydrogen) atoms. The Balaban J connectivity index is 1.67. The second-order valence-corrected chi connectivity index (χ2v) is 7.95. The third kappa shape index (κ3) is 3.28. The first-order chi connectivity index (χ1) is 11.2. The minimum absolute atomic E-state index is 0.0672. The second kappa shape index (κ2) is 6.04. The number of hydrogen-bond acceptors (Lipinski definition) is 5. The number of halogens is 1. The van der Waals surface area contributed by atoms with Crippen LogP contribution in [-0.4, -0.2) is 51.7 Å². The Morgan fingerprint density at radius 1 is 1.50 bits per heavy atom. The average molecular weight is 356 g/mol. The Kier molecular flexibility index (Phi) is 4.34. The number of aromatic nitrogens is 1. The molecule has 1 aliphatic carbocycles. The molecule has 3 rings (SSSR count). The fourth-order valence-electron chi connectivity index (χ4n) is 3.43. The summed E-state index contributed by atoms with van der Waals surface area (Å²) in [4.78, 5) is 26.4. The van der Waals surface area contributed by atoms with E-state index in [9.17, 15) is 14.7 Å². The van der Waals surface area contributed by atoms with Gasteiger partial charge in [0.1, 0.15) is 5.60 Å². The van der Waals surface area contributed by atoms with Gasteiger partial charge in [-0.25, -0.2) is 0 Å². The Labute approximate surface area is 145 Å². The van der Waals surface area contributed by atoms with Gasteiger partial charge in [0.25, 0.3) is 11.8 Å². The number of nitrogens with one attached hydrogen (secondary N) is 1. The van der Waals surface area contributed by atoms with E-state index >= 15 is 0 Å². The van der Waals surface area contributed by atoms with Crippen LogP contribution in [0, 0.1) is 5.41 Å². The number of rotatable bonds is 4. The second-order valence-electron chi connectivity index (χ2n) is 7.56. The van der Waals surface area contributed by atoms with Crippen molar-refractivity contribution in [2.45, 2.75) is 51.2 Å². The smallest absolute Gasteiger partial charge is 0.292 e. The van der Waals surface area contributed by atoms with E-state index in [1.54, 1.807) is 4.90 Å². The van der Waals surface area contributed by atoms with Gasteiger partial charge in [0.2, 0.25) is 5.76 Å². The molecule has 1 saturated heterocycles. The molecule has 132 valence electrons. The number of likely N-dealkylation sites (tertiary alicyclic amines) is 1. The summed E-state index contributed by atoms with van der Waals surface area (Å²) >= 11 is 5.72. The van der Waals surface area contributed by atoms with Crippen LogP contribution in [0.2, 0.25) is 5.15 Å². The SMILES string of the molecule is CC1(C)CC(CNC(=O)C2(O)CCC2)N(C(=O)c2cc(Cl)no2)C1. The summed E-state index contributed by atoms with van der Waals surface area (Å²) in [5.74, 6) is -0.554. The van der Waals surface area contributed by atoms with Crippen LogP contribution in [0.15, 0.2) is 10.6 Å². The van der Waals surface area contributed by atoms with Gasteiger partial charge in [0.15, 0.2) is 5.15 Å². The minimum Gasteiger partial charge on any atom is -0.380 e. The zero-order chi connectivity index (χ0) is 17.5. The molecule has 1 unspecified atom stereocenters. The largest absolute Gasteiger partial charge is 0.380 e. The molecule has 2 N–H and O–H groups in total. The Bertz CT molecular complexity index is 654. The lowest BCUT2D eigenvalue weighted by atomic mass is 9.79. The molecule has 0 radical (unpaired) electrons. The van der Waals surface area contributed by atoms with Crippen LogP contribution in [-0.2, 0) is 4.79 Å². The maximum atomic E-state index is 12.6. The monoisotopic (exact) mass is 355 g/mol. The van der Waals surface area contributed by atoms with Gasteiger partial charge in [0.05, 0.1) is 6.04 Å².